The Morgan fingerprint density at radius 1 is 1.00 bits per heavy atom. The summed E-state index contributed by atoms with van der Waals surface area (Å²) in [6, 6.07) is 14.0. The van der Waals surface area contributed by atoms with Gasteiger partial charge in [0.05, 0.1) is 31.7 Å². The van der Waals surface area contributed by atoms with Gasteiger partial charge >= 0.3 is 5.97 Å². The van der Waals surface area contributed by atoms with Gasteiger partial charge in [0.15, 0.2) is 11.5 Å². The SMILES string of the molecule is COc1ccc(-c2coc3c4c(cc(O)c3c2=O)OC(=O)CC4c2cc3cccc4c3n(c2=O)CCC4)cc1OC. The zero-order valence-electron chi connectivity index (χ0n) is 22.4. The van der Waals surface area contributed by atoms with Crippen LogP contribution in [-0.2, 0) is 17.8 Å². The lowest BCUT2D eigenvalue weighted by molar-refractivity contribution is -0.135. The minimum Gasteiger partial charge on any atom is -0.507 e. The molecular formula is C32H25NO8. The Morgan fingerprint density at radius 2 is 1.83 bits per heavy atom. The van der Waals surface area contributed by atoms with Gasteiger partial charge in [0.2, 0.25) is 5.43 Å². The van der Waals surface area contributed by atoms with Gasteiger partial charge in [0.25, 0.3) is 5.56 Å². The van der Waals surface area contributed by atoms with E-state index in [0.717, 1.165) is 29.3 Å². The number of methoxy groups -OCH3 is 2. The molecule has 206 valence electrons. The second kappa shape index (κ2) is 9.26. The summed E-state index contributed by atoms with van der Waals surface area (Å²) in [6.45, 7) is 0.574. The van der Waals surface area contributed by atoms with Crippen LogP contribution in [0.4, 0.5) is 0 Å². The first-order chi connectivity index (χ1) is 19.9. The van der Waals surface area contributed by atoms with Crippen LogP contribution in [-0.4, -0.2) is 29.9 Å². The van der Waals surface area contributed by atoms with Gasteiger partial charge in [-0.1, -0.05) is 24.3 Å². The molecule has 0 saturated heterocycles. The van der Waals surface area contributed by atoms with Crippen molar-refractivity contribution in [2.75, 3.05) is 14.2 Å². The van der Waals surface area contributed by atoms with Gasteiger partial charge in [-0.05, 0) is 47.6 Å². The van der Waals surface area contributed by atoms with E-state index in [9.17, 15) is 19.5 Å². The Kier molecular flexibility index (Phi) is 5.64. The van der Waals surface area contributed by atoms with E-state index in [2.05, 4.69) is 0 Å². The number of phenolic OH excluding ortho intramolecular Hbond substituents is 1. The maximum absolute atomic E-state index is 13.9. The van der Waals surface area contributed by atoms with Gasteiger partial charge in [-0.15, -0.1) is 0 Å². The summed E-state index contributed by atoms with van der Waals surface area (Å²) < 4.78 is 24.0. The number of aromatic hydroxyl groups is 1. The molecule has 3 aromatic carbocycles. The molecule has 2 aliphatic heterocycles. The number of carbonyl (C=O) groups excluding carboxylic acids is 1. The third kappa shape index (κ3) is 3.72. The minimum atomic E-state index is -0.740. The molecule has 7 rings (SSSR count). The number of fused-ring (bicyclic) bond motifs is 3. The molecule has 0 fully saturated rings. The summed E-state index contributed by atoms with van der Waals surface area (Å²) in [5.41, 5.74) is 2.90. The lowest BCUT2D eigenvalue weighted by atomic mass is 9.84. The number of ether oxygens (including phenoxy) is 3. The van der Waals surface area contributed by atoms with Crippen molar-refractivity contribution in [1.29, 1.82) is 0 Å². The Balaban J connectivity index is 1.47. The second-order valence-electron chi connectivity index (χ2n) is 10.3. The van der Waals surface area contributed by atoms with Gasteiger partial charge in [-0.3, -0.25) is 14.4 Å². The predicted octanol–water partition coefficient (Wildman–Crippen LogP) is 4.88. The zero-order chi connectivity index (χ0) is 28.4. The van der Waals surface area contributed by atoms with E-state index in [4.69, 9.17) is 18.6 Å². The molecule has 0 saturated carbocycles. The van der Waals surface area contributed by atoms with E-state index >= 15 is 0 Å². The third-order valence-electron chi connectivity index (χ3n) is 8.09. The molecule has 41 heavy (non-hydrogen) atoms. The van der Waals surface area contributed by atoms with Gasteiger partial charge in [0.1, 0.15) is 28.7 Å². The molecule has 4 heterocycles. The summed E-state index contributed by atoms with van der Waals surface area (Å²) in [7, 11) is 3.01. The van der Waals surface area contributed by atoms with Gasteiger partial charge < -0.3 is 28.3 Å². The van der Waals surface area contributed by atoms with Gasteiger partial charge in [0, 0.05) is 29.7 Å². The largest absolute Gasteiger partial charge is 0.507 e. The fourth-order valence-electron chi connectivity index (χ4n) is 6.24. The number of pyridine rings is 1. The number of nitrogens with zero attached hydrogens (tertiary/aromatic N) is 1. The van der Waals surface area contributed by atoms with Crippen molar-refractivity contribution in [2.24, 2.45) is 0 Å². The third-order valence-corrected chi connectivity index (χ3v) is 8.09. The number of esters is 1. The van der Waals surface area contributed by atoms with Crippen molar-refractivity contribution in [3.05, 3.63) is 92.1 Å². The number of phenols is 1. The lowest BCUT2D eigenvalue weighted by Crippen LogP contribution is -2.31. The van der Waals surface area contributed by atoms with Crippen LogP contribution in [0.15, 0.2) is 68.8 Å². The molecule has 0 bridgehead atoms. The highest BCUT2D eigenvalue weighted by atomic mass is 16.5. The Hall–Kier alpha value is -5.05. The maximum Gasteiger partial charge on any atom is 0.312 e. The summed E-state index contributed by atoms with van der Waals surface area (Å²) in [6.07, 6.45) is 2.92. The average molecular weight is 552 g/mol. The van der Waals surface area contributed by atoms with Crippen molar-refractivity contribution in [1.82, 2.24) is 4.57 Å². The highest BCUT2D eigenvalue weighted by molar-refractivity contribution is 5.94. The quantitative estimate of drug-likeness (QED) is 0.248. The van der Waals surface area contributed by atoms with Crippen LogP contribution >= 0.6 is 0 Å². The standard InChI is InChI=1S/C32H25NO8/c1-38-23-9-8-17(12-24(23)39-2)21-15-40-31-27-19(13-26(35)41-25(27)14-22(34)28(31)30(21)36)20-11-18-6-3-5-16-7-4-10-33(29(16)18)32(20)37/h3,5-6,8-9,11-12,14-15,19,34H,4,7,10,13H2,1-2H3. The molecule has 1 N–H and O–H groups in total. The molecule has 0 spiro atoms. The molecule has 0 aliphatic carbocycles. The zero-order valence-corrected chi connectivity index (χ0v) is 22.4. The van der Waals surface area contributed by atoms with Crippen molar-refractivity contribution >= 4 is 27.8 Å². The number of para-hydroxylation sites is 1. The highest BCUT2D eigenvalue weighted by Gasteiger charge is 2.36. The number of hydrogen-bond donors (Lipinski definition) is 1. The molecule has 1 unspecified atom stereocenters. The summed E-state index contributed by atoms with van der Waals surface area (Å²) in [5, 5.41) is 11.8. The van der Waals surface area contributed by atoms with Crippen LogP contribution in [0.1, 0.15) is 35.4 Å². The van der Waals surface area contributed by atoms with Crippen LogP contribution in [0.5, 0.6) is 23.0 Å². The number of aromatic nitrogens is 1. The van der Waals surface area contributed by atoms with E-state index < -0.39 is 23.1 Å². The molecular weight excluding hydrogens is 526 g/mol. The fourth-order valence-corrected chi connectivity index (χ4v) is 6.24. The molecule has 0 amide bonds. The predicted molar refractivity (Wildman–Crippen MR) is 151 cm³/mol. The molecule has 2 aromatic heterocycles. The van der Waals surface area contributed by atoms with E-state index in [0.29, 0.717) is 34.7 Å². The molecule has 0 radical (unpaired) electrons. The number of rotatable bonds is 4. The first-order valence-electron chi connectivity index (χ1n) is 13.3. The maximum atomic E-state index is 13.9. The Labute approximate surface area is 233 Å². The van der Waals surface area contributed by atoms with E-state index in [1.54, 1.807) is 22.8 Å². The number of carbonyl (C=O) groups is 1. The van der Waals surface area contributed by atoms with Crippen LogP contribution in [0.25, 0.3) is 33.0 Å². The average Bonchev–Trinajstić information content (AvgIpc) is 2.98. The smallest absolute Gasteiger partial charge is 0.312 e. The number of aryl methyl sites for hydroxylation is 2. The molecule has 2 aliphatic rings. The van der Waals surface area contributed by atoms with E-state index in [-0.39, 0.29) is 34.3 Å². The van der Waals surface area contributed by atoms with Crippen molar-refractivity contribution < 1.29 is 28.5 Å². The fraction of sp³-hybridized carbons (Fsp3) is 0.219. The number of benzene rings is 3. The number of hydrogen-bond acceptors (Lipinski definition) is 8. The monoisotopic (exact) mass is 551 g/mol. The van der Waals surface area contributed by atoms with Crippen LogP contribution < -0.4 is 25.2 Å². The molecule has 9 heteroatoms. The molecule has 9 nitrogen and oxygen atoms in total. The highest BCUT2D eigenvalue weighted by Crippen LogP contribution is 2.45. The summed E-state index contributed by atoms with van der Waals surface area (Å²) >= 11 is 0. The van der Waals surface area contributed by atoms with Crippen molar-refractivity contribution in [2.45, 2.75) is 31.7 Å². The minimum absolute atomic E-state index is 0.0603. The van der Waals surface area contributed by atoms with E-state index in [1.165, 1.54) is 26.5 Å². The van der Waals surface area contributed by atoms with Crippen LogP contribution in [0, 0.1) is 0 Å². The lowest BCUT2D eigenvalue weighted by Gasteiger charge is -2.27. The summed E-state index contributed by atoms with van der Waals surface area (Å²) in [5.74, 6) is -0.692. The van der Waals surface area contributed by atoms with E-state index in [1.807, 2.05) is 24.3 Å². The first kappa shape index (κ1) is 25.0. The van der Waals surface area contributed by atoms with Gasteiger partial charge in [-0.2, -0.15) is 0 Å². The van der Waals surface area contributed by atoms with Crippen molar-refractivity contribution in [3.8, 4) is 34.1 Å². The first-order valence-corrected chi connectivity index (χ1v) is 13.3. The molecule has 1 atom stereocenters. The normalized spacial score (nSPS) is 16.0. The Bertz CT molecular complexity index is 2040. The second-order valence-corrected chi connectivity index (χ2v) is 10.3. The molecule has 5 aromatic rings. The summed E-state index contributed by atoms with van der Waals surface area (Å²) in [4.78, 5) is 40.4. The van der Waals surface area contributed by atoms with Crippen LogP contribution in [0.2, 0.25) is 0 Å². The topological polar surface area (TPSA) is 117 Å². The van der Waals surface area contributed by atoms with Gasteiger partial charge in [-0.25, -0.2) is 0 Å². The van der Waals surface area contributed by atoms with Crippen LogP contribution in [0.3, 0.4) is 0 Å². The van der Waals surface area contributed by atoms with Crippen molar-refractivity contribution in [3.63, 3.8) is 0 Å². The Morgan fingerprint density at radius 3 is 2.63 bits per heavy atom.